The first kappa shape index (κ1) is 14.1. The molecule has 0 bridgehead atoms. The van der Waals surface area contributed by atoms with Crippen molar-refractivity contribution in [1.29, 1.82) is 0 Å². The van der Waals surface area contributed by atoms with E-state index in [4.69, 9.17) is 25.8 Å². The Morgan fingerprint density at radius 1 is 1.24 bits per heavy atom. The molecule has 2 aromatic rings. The zero-order valence-electron chi connectivity index (χ0n) is 11.8. The van der Waals surface area contributed by atoms with E-state index in [0.717, 1.165) is 40.7 Å². The summed E-state index contributed by atoms with van der Waals surface area (Å²) >= 11 is 5.70. The molecule has 2 aromatic carbocycles. The van der Waals surface area contributed by atoms with Gasteiger partial charge >= 0.3 is 0 Å². The average molecular weight is 305 g/mol. The summed E-state index contributed by atoms with van der Waals surface area (Å²) in [6.45, 7) is 0. The normalized spacial score (nSPS) is 17.2. The first-order chi connectivity index (χ1) is 10.3. The molecule has 21 heavy (non-hydrogen) atoms. The van der Waals surface area contributed by atoms with Gasteiger partial charge in [-0.3, -0.25) is 0 Å². The lowest BCUT2D eigenvalue weighted by atomic mass is 10.0. The van der Waals surface area contributed by atoms with E-state index in [1.807, 2.05) is 30.3 Å². The highest BCUT2D eigenvalue weighted by molar-refractivity contribution is 6.17. The van der Waals surface area contributed by atoms with Crippen LogP contribution in [0.4, 0.5) is 0 Å². The number of alkyl halides is 1. The summed E-state index contributed by atoms with van der Waals surface area (Å²) in [6.07, 6.45) is 3.13. The Morgan fingerprint density at radius 2 is 2.14 bits per heavy atom. The molecule has 0 amide bonds. The molecule has 1 atom stereocenters. The fourth-order valence-electron chi connectivity index (χ4n) is 2.44. The van der Waals surface area contributed by atoms with Crippen molar-refractivity contribution in [2.24, 2.45) is 0 Å². The van der Waals surface area contributed by atoms with Crippen LogP contribution in [0, 0.1) is 0 Å². The number of benzene rings is 2. The number of methoxy groups -OCH3 is 1. The molecule has 110 valence electrons. The van der Waals surface area contributed by atoms with Gasteiger partial charge in [-0.1, -0.05) is 18.2 Å². The zero-order valence-corrected chi connectivity index (χ0v) is 12.6. The van der Waals surface area contributed by atoms with Gasteiger partial charge in [0.15, 0.2) is 5.76 Å². The Kier molecular flexibility index (Phi) is 4.20. The average Bonchev–Trinajstić information content (AvgIpc) is 3.00. The van der Waals surface area contributed by atoms with Crippen LogP contribution in [0.15, 0.2) is 42.7 Å². The predicted octanol–water partition coefficient (Wildman–Crippen LogP) is 4.54. The van der Waals surface area contributed by atoms with Crippen LogP contribution in [0.25, 0.3) is 16.5 Å². The third-order valence-electron chi connectivity index (χ3n) is 3.51. The van der Waals surface area contributed by atoms with Crippen LogP contribution in [0.5, 0.6) is 5.75 Å². The highest BCUT2D eigenvalue weighted by Gasteiger charge is 2.21. The molecule has 0 aromatic heterocycles. The fourth-order valence-corrected chi connectivity index (χ4v) is 2.59. The number of hydrogen-bond acceptors (Lipinski definition) is 3. The lowest BCUT2D eigenvalue weighted by molar-refractivity contribution is -0.0208. The molecular weight excluding hydrogens is 288 g/mol. The fraction of sp³-hybridized carbons (Fsp3) is 0.294. The maximum atomic E-state index is 5.86. The molecular formula is C17H17ClO3. The second kappa shape index (κ2) is 6.27. The molecule has 0 saturated heterocycles. The van der Waals surface area contributed by atoms with E-state index in [9.17, 15) is 0 Å². The van der Waals surface area contributed by atoms with Crippen molar-refractivity contribution in [3.05, 3.63) is 48.2 Å². The summed E-state index contributed by atoms with van der Waals surface area (Å²) < 4.78 is 16.7. The Labute approximate surface area is 129 Å². The lowest BCUT2D eigenvalue weighted by Crippen LogP contribution is -2.08. The van der Waals surface area contributed by atoms with Gasteiger partial charge in [-0.25, -0.2) is 0 Å². The van der Waals surface area contributed by atoms with Crippen LogP contribution in [0.3, 0.4) is 0 Å². The van der Waals surface area contributed by atoms with Crippen LogP contribution < -0.4 is 4.74 Å². The van der Waals surface area contributed by atoms with Crippen molar-refractivity contribution in [3.63, 3.8) is 0 Å². The Hall–Kier alpha value is -1.87. The van der Waals surface area contributed by atoms with Gasteiger partial charge in [-0.05, 0) is 35.4 Å². The van der Waals surface area contributed by atoms with Gasteiger partial charge < -0.3 is 14.2 Å². The van der Waals surface area contributed by atoms with E-state index < -0.39 is 0 Å². The highest BCUT2D eigenvalue weighted by Crippen LogP contribution is 2.32. The van der Waals surface area contributed by atoms with Crippen molar-refractivity contribution in [2.75, 3.05) is 13.0 Å². The van der Waals surface area contributed by atoms with Gasteiger partial charge in [0.1, 0.15) is 12.0 Å². The van der Waals surface area contributed by atoms with Crippen molar-refractivity contribution >= 4 is 28.1 Å². The highest BCUT2D eigenvalue weighted by atomic mass is 35.5. The summed E-state index contributed by atoms with van der Waals surface area (Å²) in [4.78, 5) is 0. The maximum absolute atomic E-state index is 5.86. The molecule has 0 spiro atoms. The van der Waals surface area contributed by atoms with Crippen LogP contribution in [-0.2, 0) is 9.47 Å². The Morgan fingerprint density at radius 3 is 2.95 bits per heavy atom. The molecule has 1 heterocycles. The second-order valence-corrected chi connectivity index (χ2v) is 5.27. The Balaban J connectivity index is 1.88. The monoisotopic (exact) mass is 304 g/mol. The maximum Gasteiger partial charge on any atom is 0.240 e. The van der Waals surface area contributed by atoms with Crippen LogP contribution in [0.1, 0.15) is 18.4 Å². The van der Waals surface area contributed by atoms with Gasteiger partial charge in [0, 0.05) is 17.9 Å². The number of hydrogen-bond donors (Lipinski definition) is 0. The van der Waals surface area contributed by atoms with Crippen LogP contribution in [-0.4, -0.2) is 19.3 Å². The van der Waals surface area contributed by atoms with Crippen molar-refractivity contribution in [2.45, 2.75) is 19.1 Å². The first-order valence-electron chi connectivity index (χ1n) is 6.97. The van der Waals surface area contributed by atoms with Gasteiger partial charge in [-0.2, -0.15) is 0 Å². The van der Waals surface area contributed by atoms with E-state index in [1.165, 1.54) is 0 Å². The number of fused-ring (bicyclic) bond motifs is 1. The largest absolute Gasteiger partial charge is 0.497 e. The number of ether oxygens (including phenoxy) is 3. The molecule has 0 N–H and O–H groups in total. The second-order valence-electron chi connectivity index (χ2n) is 4.89. The molecule has 0 radical (unpaired) electrons. The van der Waals surface area contributed by atoms with Crippen molar-refractivity contribution < 1.29 is 14.2 Å². The summed E-state index contributed by atoms with van der Waals surface area (Å²) in [7, 11) is 1.67. The van der Waals surface area contributed by atoms with Gasteiger partial charge in [0.25, 0.3) is 0 Å². The van der Waals surface area contributed by atoms with E-state index in [0.29, 0.717) is 5.88 Å². The molecule has 1 unspecified atom stereocenters. The summed E-state index contributed by atoms with van der Waals surface area (Å²) in [6, 6.07) is 12.1. The predicted molar refractivity (Wildman–Crippen MR) is 84.4 cm³/mol. The third-order valence-corrected chi connectivity index (χ3v) is 3.78. The summed E-state index contributed by atoms with van der Waals surface area (Å²) in [5.74, 6) is 2.23. The van der Waals surface area contributed by atoms with Crippen LogP contribution >= 0.6 is 11.6 Å². The molecule has 4 heteroatoms. The first-order valence-corrected chi connectivity index (χ1v) is 7.50. The third kappa shape index (κ3) is 2.93. The quantitative estimate of drug-likeness (QED) is 0.759. The minimum atomic E-state index is -0.229. The smallest absolute Gasteiger partial charge is 0.240 e. The molecule has 0 aliphatic carbocycles. The van der Waals surface area contributed by atoms with E-state index in [-0.39, 0.29) is 6.29 Å². The zero-order chi connectivity index (χ0) is 14.7. The molecule has 1 aliphatic rings. The van der Waals surface area contributed by atoms with Gasteiger partial charge in [-0.15, -0.1) is 11.6 Å². The Bertz CT molecular complexity index is 666. The lowest BCUT2D eigenvalue weighted by Gasteiger charge is -2.12. The molecule has 0 fully saturated rings. The van der Waals surface area contributed by atoms with E-state index in [2.05, 4.69) is 6.07 Å². The summed E-state index contributed by atoms with van der Waals surface area (Å²) in [5, 5.41) is 2.23. The van der Waals surface area contributed by atoms with Gasteiger partial charge in [0.05, 0.1) is 7.11 Å². The molecule has 3 nitrogen and oxygen atoms in total. The molecule has 1 aliphatic heterocycles. The van der Waals surface area contributed by atoms with Gasteiger partial charge in [0.2, 0.25) is 6.29 Å². The van der Waals surface area contributed by atoms with E-state index >= 15 is 0 Å². The summed E-state index contributed by atoms with van der Waals surface area (Å²) in [5.41, 5.74) is 1.03. The van der Waals surface area contributed by atoms with Crippen molar-refractivity contribution in [1.82, 2.24) is 0 Å². The van der Waals surface area contributed by atoms with Crippen molar-refractivity contribution in [3.8, 4) is 5.75 Å². The minimum Gasteiger partial charge on any atom is -0.497 e. The standard InChI is InChI=1S/C17H17ClO3/c1-19-13-7-8-14-12(10-13)4-2-5-15(14)16-11-20-17(21-16)6-3-9-18/h2,4-5,7-8,10-11,17H,3,6,9H2,1H3. The molecule has 0 saturated carbocycles. The SMILES string of the molecule is COc1ccc2c(C3=COC(CCCCl)O3)cccc2c1. The topological polar surface area (TPSA) is 27.7 Å². The van der Waals surface area contributed by atoms with E-state index in [1.54, 1.807) is 13.4 Å². The van der Waals surface area contributed by atoms with Crippen LogP contribution in [0.2, 0.25) is 0 Å². The minimum absolute atomic E-state index is 0.229. The number of rotatable bonds is 5. The molecule has 3 rings (SSSR count). The number of halogens is 1.